The molecule has 0 aliphatic heterocycles. The fourth-order valence-corrected chi connectivity index (χ4v) is 2.19. The highest BCUT2D eigenvalue weighted by Crippen LogP contribution is 2.22. The first-order chi connectivity index (χ1) is 8.27. The zero-order valence-corrected chi connectivity index (χ0v) is 10.9. The van der Waals surface area contributed by atoms with Gasteiger partial charge in [-0.05, 0) is 38.6 Å². The van der Waals surface area contributed by atoms with Gasteiger partial charge in [-0.1, -0.05) is 19.8 Å². The summed E-state index contributed by atoms with van der Waals surface area (Å²) in [6.07, 6.45) is 7.37. The predicted molar refractivity (Wildman–Crippen MR) is 68.7 cm³/mol. The Hall–Kier alpha value is -0.610. The van der Waals surface area contributed by atoms with Gasteiger partial charge in [-0.25, -0.2) is 0 Å². The molecule has 0 radical (unpaired) electrons. The fraction of sp³-hybridized carbons (Fsp3) is 0.923. The highest BCUT2D eigenvalue weighted by Gasteiger charge is 2.23. The molecule has 100 valence electrons. The van der Waals surface area contributed by atoms with E-state index in [1.54, 1.807) is 0 Å². The molecular weight excluding hydrogens is 216 g/mol. The van der Waals surface area contributed by atoms with Crippen LogP contribution in [0.1, 0.15) is 51.9 Å². The van der Waals surface area contributed by atoms with Crippen molar-refractivity contribution >= 4 is 5.91 Å². The molecule has 1 saturated carbocycles. The lowest BCUT2D eigenvalue weighted by Gasteiger charge is -2.20. The minimum Gasteiger partial charge on any atom is -0.365 e. The number of nitrogens with two attached hydrogens (primary N) is 1. The maximum Gasteiger partial charge on any atom is 0.249 e. The number of unbranched alkanes of at least 4 members (excludes halogenated alkanes) is 1. The Kier molecular flexibility index (Phi) is 7.21. The van der Waals surface area contributed by atoms with Crippen LogP contribution in [0.2, 0.25) is 0 Å². The van der Waals surface area contributed by atoms with Gasteiger partial charge < -0.3 is 15.8 Å². The van der Waals surface area contributed by atoms with Gasteiger partial charge in [0.25, 0.3) is 0 Å². The van der Waals surface area contributed by atoms with Gasteiger partial charge in [-0.3, -0.25) is 4.79 Å². The van der Waals surface area contributed by atoms with E-state index in [9.17, 15) is 4.79 Å². The van der Waals surface area contributed by atoms with Gasteiger partial charge in [0.1, 0.15) is 6.10 Å². The first-order valence-corrected chi connectivity index (χ1v) is 6.91. The Balaban J connectivity index is 2.20. The van der Waals surface area contributed by atoms with Crippen molar-refractivity contribution in [2.75, 3.05) is 13.1 Å². The number of hydrogen-bond donors (Lipinski definition) is 2. The molecule has 0 aromatic heterocycles. The van der Waals surface area contributed by atoms with Gasteiger partial charge in [0.05, 0.1) is 6.10 Å². The van der Waals surface area contributed by atoms with Crippen molar-refractivity contribution in [1.82, 2.24) is 5.32 Å². The molecule has 0 spiro atoms. The van der Waals surface area contributed by atoms with Crippen LogP contribution in [0, 0.1) is 0 Å². The van der Waals surface area contributed by atoms with Crippen molar-refractivity contribution in [3.8, 4) is 0 Å². The molecule has 4 heteroatoms. The lowest BCUT2D eigenvalue weighted by atomic mass is 10.2. The first-order valence-electron chi connectivity index (χ1n) is 6.91. The summed E-state index contributed by atoms with van der Waals surface area (Å²) < 4.78 is 5.84. The Morgan fingerprint density at radius 1 is 1.41 bits per heavy atom. The molecule has 1 amide bonds. The number of rotatable bonds is 8. The van der Waals surface area contributed by atoms with Crippen molar-refractivity contribution in [3.05, 3.63) is 0 Å². The number of ether oxygens (including phenoxy) is 1. The molecule has 17 heavy (non-hydrogen) atoms. The third kappa shape index (κ3) is 5.50. The summed E-state index contributed by atoms with van der Waals surface area (Å²) in [5.41, 5.74) is 5.40. The molecule has 1 aliphatic rings. The van der Waals surface area contributed by atoms with E-state index in [4.69, 9.17) is 10.5 Å². The Morgan fingerprint density at radius 2 is 2.12 bits per heavy atom. The van der Waals surface area contributed by atoms with Gasteiger partial charge in [0.2, 0.25) is 5.91 Å². The largest absolute Gasteiger partial charge is 0.365 e. The molecule has 1 atom stereocenters. The van der Waals surface area contributed by atoms with Crippen molar-refractivity contribution in [1.29, 1.82) is 0 Å². The summed E-state index contributed by atoms with van der Waals surface area (Å²) in [6.45, 7) is 3.39. The molecule has 0 aromatic rings. The van der Waals surface area contributed by atoms with Crippen LogP contribution >= 0.6 is 0 Å². The quantitative estimate of drug-likeness (QED) is 0.635. The second-order valence-electron chi connectivity index (χ2n) is 4.73. The second kappa shape index (κ2) is 8.48. The van der Waals surface area contributed by atoms with Crippen molar-refractivity contribution in [2.45, 2.75) is 64.1 Å². The zero-order chi connectivity index (χ0) is 12.5. The van der Waals surface area contributed by atoms with Crippen molar-refractivity contribution in [3.63, 3.8) is 0 Å². The molecule has 1 rings (SSSR count). The SMILES string of the molecule is CCC(OC1CCCC1)C(=O)NCCCCN. The van der Waals surface area contributed by atoms with Crippen molar-refractivity contribution in [2.24, 2.45) is 5.73 Å². The maximum absolute atomic E-state index is 11.9. The van der Waals surface area contributed by atoms with E-state index in [-0.39, 0.29) is 12.0 Å². The van der Waals surface area contributed by atoms with Crippen LogP contribution in [-0.2, 0) is 9.53 Å². The zero-order valence-electron chi connectivity index (χ0n) is 10.9. The first kappa shape index (κ1) is 14.5. The van der Waals surface area contributed by atoms with Gasteiger partial charge in [-0.15, -0.1) is 0 Å². The molecule has 0 aromatic carbocycles. The highest BCUT2D eigenvalue weighted by atomic mass is 16.5. The molecule has 1 fully saturated rings. The molecule has 3 N–H and O–H groups in total. The smallest absolute Gasteiger partial charge is 0.249 e. The van der Waals surface area contributed by atoms with Gasteiger partial charge in [0.15, 0.2) is 0 Å². The summed E-state index contributed by atoms with van der Waals surface area (Å²) in [5, 5.41) is 2.92. The minimum absolute atomic E-state index is 0.0384. The van der Waals surface area contributed by atoms with E-state index < -0.39 is 0 Å². The van der Waals surface area contributed by atoms with Gasteiger partial charge >= 0.3 is 0 Å². The molecule has 0 bridgehead atoms. The average Bonchev–Trinajstić information content (AvgIpc) is 2.84. The number of hydrogen-bond acceptors (Lipinski definition) is 3. The molecule has 0 heterocycles. The monoisotopic (exact) mass is 242 g/mol. The second-order valence-corrected chi connectivity index (χ2v) is 4.73. The number of nitrogens with one attached hydrogen (secondary N) is 1. The van der Waals surface area contributed by atoms with Gasteiger partial charge in [0, 0.05) is 6.54 Å². The number of carbonyl (C=O) groups is 1. The maximum atomic E-state index is 11.9. The van der Waals surface area contributed by atoms with Crippen LogP contribution in [0.25, 0.3) is 0 Å². The third-order valence-electron chi connectivity index (χ3n) is 3.25. The summed E-state index contributed by atoms with van der Waals surface area (Å²) in [6, 6.07) is 0. The predicted octanol–water partition coefficient (Wildman–Crippen LogP) is 1.58. The van der Waals surface area contributed by atoms with Crippen LogP contribution in [0.15, 0.2) is 0 Å². The highest BCUT2D eigenvalue weighted by molar-refractivity contribution is 5.80. The summed E-state index contributed by atoms with van der Waals surface area (Å²) in [5.74, 6) is 0.0384. The number of carbonyl (C=O) groups excluding carboxylic acids is 1. The van der Waals surface area contributed by atoms with Crippen LogP contribution in [-0.4, -0.2) is 31.2 Å². The lowest BCUT2D eigenvalue weighted by molar-refractivity contribution is -0.136. The normalized spacial score (nSPS) is 18.2. The van der Waals surface area contributed by atoms with Crippen LogP contribution in [0.4, 0.5) is 0 Å². The van der Waals surface area contributed by atoms with Crippen LogP contribution in [0.3, 0.4) is 0 Å². The van der Waals surface area contributed by atoms with E-state index in [1.165, 1.54) is 12.8 Å². The van der Waals surface area contributed by atoms with E-state index in [0.29, 0.717) is 19.2 Å². The molecular formula is C13H26N2O2. The number of amides is 1. The molecule has 1 unspecified atom stereocenters. The Bertz CT molecular complexity index is 215. The lowest BCUT2D eigenvalue weighted by Crippen LogP contribution is -2.38. The van der Waals surface area contributed by atoms with E-state index in [2.05, 4.69) is 5.32 Å². The van der Waals surface area contributed by atoms with E-state index in [0.717, 1.165) is 32.1 Å². The Morgan fingerprint density at radius 3 is 2.71 bits per heavy atom. The topological polar surface area (TPSA) is 64.3 Å². The third-order valence-corrected chi connectivity index (χ3v) is 3.25. The van der Waals surface area contributed by atoms with Gasteiger partial charge in [-0.2, -0.15) is 0 Å². The molecule has 1 aliphatic carbocycles. The standard InChI is InChI=1S/C13H26N2O2/c1-2-12(17-11-7-3-4-8-11)13(16)15-10-6-5-9-14/h11-12H,2-10,14H2,1H3,(H,15,16). The Labute approximate surface area is 104 Å². The summed E-state index contributed by atoms with van der Waals surface area (Å²) in [7, 11) is 0. The van der Waals surface area contributed by atoms with Crippen LogP contribution in [0.5, 0.6) is 0 Å². The van der Waals surface area contributed by atoms with Crippen LogP contribution < -0.4 is 11.1 Å². The van der Waals surface area contributed by atoms with Crippen molar-refractivity contribution < 1.29 is 9.53 Å². The molecule has 4 nitrogen and oxygen atoms in total. The van der Waals surface area contributed by atoms with E-state index >= 15 is 0 Å². The minimum atomic E-state index is -0.268. The van der Waals surface area contributed by atoms with E-state index in [1.807, 2.05) is 6.92 Å². The molecule has 0 saturated heterocycles. The summed E-state index contributed by atoms with van der Waals surface area (Å²) >= 11 is 0. The summed E-state index contributed by atoms with van der Waals surface area (Å²) in [4.78, 5) is 11.9. The average molecular weight is 242 g/mol. The fourth-order valence-electron chi connectivity index (χ4n) is 2.19.